The molecule has 2 aromatic rings. The number of allylic oxidation sites excluding steroid dienone is 5. The Hall–Kier alpha value is -0.914. The first-order valence-electron chi connectivity index (χ1n) is 10.3. The van der Waals surface area contributed by atoms with Crippen molar-refractivity contribution in [2.24, 2.45) is 0 Å². The zero-order chi connectivity index (χ0) is 20.0. The Balaban J connectivity index is 1.90. The quantitative estimate of drug-likeness (QED) is 0.378. The van der Waals surface area contributed by atoms with Crippen molar-refractivity contribution in [2.45, 2.75) is 46.5 Å². The Morgan fingerprint density at radius 2 is 1.32 bits per heavy atom. The fourth-order valence-corrected chi connectivity index (χ4v) is 37.8. The zero-order valence-electron chi connectivity index (χ0n) is 17.9. The summed E-state index contributed by atoms with van der Waals surface area (Å²) in [5.74, 6) is 5.32. The van der Waals surface area contributed by atoms with Crippen LogP contribution in [-0.4, -0.2) is 9.98 Å². The van der Waals surface area contributed by atoms with Crippen molar-refractivity contribution in [2.75, 3.05) is 0 Å². The third kappa shape index (κ3) is 3.33. The first kappa shape index (κ1) is 20.4. The van der Waals surface area contributed by atoms with E-state index in [1.165, 1.54) is 16.7 Å². The summed E-state index contributed by atoms with van der Waals surface area (Å²) in [5.41, 5.74) is 12.6. The molecule has 0 fully saturated rings. The van der Waals surface area contributed by atoms with Crippen molar-refractivity contribution in [3.63, 3.8) is 0 Å². The first-order valence-corrected chi connectivity index (χ1v) is 24.8. The van der Waals surface area contributed by atoms with Gasteiger partial charge in [0.05, 0.1) is 0 Å². The molecule has 1 unspecified atom stereocenters. The Kier molecular flexibility index (Phi) is 5.87. The van der Waals surface area contributed by atoms with Crippen LogP contribution in [0.2, 0.25) is 15.1 Å². The number of benzene rings is 2. The molecule has 0 amide bonds. The number of fused-ring (bicyclic) bond motifs is 1. The molecule has 142 valence electrons. The van der Waals surface area contributed by atoms with Gasteiger partial charge < -0.3 is 0 Å². The summed E-state index contributed by atoms with van der Waals surface area (Å²) >= 11 is -1.77. The van der Waals surface area contributed by atoms with E-state index in [9.17, 15) is 0 Å². The van der Waals surface area contributed by atoms with Crippen molar-refractivity contribution < 1.29 is 18.6 Å². The summed E-state index contributed by atoms with van der Waals surface area (Å²) in [7, 11) is -1.02. The van der Waals surface area contributed by atoms with E-state index in [4.69, 9.17) is 0 Å². The molecule has 0 saturated carbocycles. The SMILES string of the molecule is CC1=C(C)[CH]([Zr]([CH]2C=C(c3ccccc3)c3ccccc32)=[Ge]([CH3])[CH3])C(C)=C1C. The summed E-state index contributed by atoms with van der Waals surface area (Å²) in [6, 6.07) is 20.3. The molecule has 0 nitrogen and oxygen atoms in total. The van der Waals surface area contributed by atoms with Crippen molar-refractivity contribution >= 4 is 15.5 Å². The molecule has 0 bridgehead atoms. The fraction of sp³-hybridized carbons (Fsp3) is 0.308. The maximum absolute atomic E-state index is 2.69. The van der Waals surface area contributed by atoms with Gasteiger partial charge in [0.1, 0.15) is 0 Å². The minimum absolute atomic E-state index is 0.729. The molecule has 2 aliphatic carbocycles. The second-order valence-corrected chi connectivity index (χ2v) is 37.8. The van der Waals surface area contributed by atoms with Crippen LogP contribution in [0.3, 0.4) is 0 Å². The molecular formula is C26H30GeZr. The summed E-state index contributed by atoms with van der Waals surface area (Å²) < 4.78 is 1.55. The molecule has 2 aromatic carbocycles. The van der Waals surface area contributed by atoms with Gasteiger partial charge in [-0.25, -0.2) is 0 Å². The molecule has 0 aromatic heterocycles. The van der Waals surface area contributed by atoms with Gasteiger partial charge in [-0.15, -0.1) is 0 Å². The Bertz CT molecular complexity index is 1040. The van der Waals surface area contributed by atoms with Gasteiger partial charge in [0.2, 0.25) is 0 Å². The second kappa shape index (κ2) is 8.08. The average Bonchev–Trinajstić information content (AvgIpc) is 3.17. The first-order chi connectivity index (χ1) is 13.4. The summed E-state index contributed by atoms with van der Waals surface area (Å²) in [5, 5.41) is 0. The Labute approximate surface area is 179 Å². The van der Waals surface area contributed by atoms with E-state index in [1.807, 2.05) is 0 Å². The zero-order valence-corrected chi connectivity index (χ0v) is 22.5. The van der Waals surface area contributed by atoms with Crippen LogP contribution in [0.4, 0.5) is 0 Å². The van der Waals surface area contributed by atoms with Crippen LogP contribution in [0.25, 0.3) is 5.57 Å². The van der Waals surface area contributed by atoms with Gasteiger partial charge in [0.25, 0.3) is 0 Å². The van der Waals surface area contributed by atoms with Gasteiger partial charge >= 0.3 is 180 Å². The van der Waals surface area contributed by atoms with Crippen LogP contribution >= 0.6 is 0 Å². The van der Waals surface area contributed by atoms with Crippen LogP contribution < -0.4 is 0 Å². The van der Waals surface area contributed by atoms with Crippen LogP contribution in [0.5, 0.6) is 0 Å². The van der Waals surface area contributed by atoms with Crippen molar-refractivity contribution in [3.8, 4) is 0 Å². The molecule has 0 N–H and O–H groups in total. The molecule has 0 radical (unpaired) electrons. The summed E-state index contributed by atoms with van der Waals surface area (Å²) in [6.07, 6.45) is 2.69. The fourth-order valence-electron chi connectivity index (χ4n) is 5.08. The van der Waals surface area contributed by atoms with E-state index in [1.54, 1.807) is 27.9 Å². The van der Waals surface area contributed by atoms with Crippen LogP contribution in [-0.2, 0) is 18.6 Å². The monoisotopic (exact) mass is 506 g/mol. The third-order valence-electron chi connectivity index (χ3n) is 6.84. The van der Waals surface area contributed by atoms with Crippen LogP contribution in [0, 0.1) is 0 Å². The summed E-state index contributed by atoms with van der Waals surface area (Å²) in [4.78, 5) is 0. The molecule has 28 heavy (non-hydrogen) atoms. The normalized spacial score (nSPS) is 19.2. The van der Waals surface area contributed by atoms with Gasteiger partial charge in [-0.1, -0.05) is 0 Å². The molecule has 0 aliphatic heterocycles. The summed E-state index contributed by atoms with van der Waals surface area (Å²) in [6.45, 7) is 9.58. The van der Waals surface area contributed by atoms with Gasteiger partial charge in [-0.3, -0.25) is 0 Å². The predicted octanol–water partition coefficient (Wildman–Crippen LogP) is 7.52. The Morgan fingerprint density at radius 1 is 0.750 bits per heavy atom. The third-order valence-corrected chi connectivity index (χ3v) is 37.9. The van der Waals surface area contributed by atoms with E-state index < -0.39 is 28.6 Å². The molecule has 0 heterocycles. The second-order valence-electron chi connectivity index (χ2n) is 8.52. The minimum atomic E-state index is -1.77. The molecule has 1 atom stereocenters. The van der Waals surface area contributed by atoms with Crippen molar-refractivity contribution in [1.82, 2.24) is 0 Å². The predicted molar refractivity (Wildman–Crippen MR) is 121 cm³/mol. The Morgan fingerprint density at radius 3 is 1.93 bits per heavy atom. The number of hydrogen-bond acceptors (Lipinski definition) is 0. The topological polar surface area (TPSA) is 0 Å². The molecule has 0 saturated heterocycles. The van der Waals surface area contributed by atoms with E-state index in [0.717, 1.165) is 7.25 Å². The molecule has 2 heteroatoms. The number of hydrogen-bond donors (Lipinski definition) is 0. The molecule has 0 spiro atoms. The van der Waals surface area contributed by atoms with E-state index >= 15 is 0 Å². The van der Waals surface area contributed by atoms with Gasteiger partial charge in [-0.2, -0.15) is 0 Å². The van der Waals surface area contributed by atoms with E-state index in [-0.39, 0.29) is 0 Å². The average molecular weight is 506 g/mol. The van der Waals surface area contributed by atoms with Gasteiger partial charge in [0, 0.05) is 0 Å². The molecular weight excluding hydrogens is 476 g/mol. The van der Waals surface area contributed by atoms with Crippen LogP contribution in [0.15, 0.2) is 83.0 Å². The standard InChI is InChI=1S/C15H11.C9H13.C2H6Ge.Zr/c1-2-6-12(7-3-1)15-11-10-13-8-4-5-9-14(13)15;1-6-5-7(2)9(4)8(6)3;1-3-2;/h1-11H;5H,1-4H3;1-2H3;. The van der Waals surface area contributed by atoms with Crippen molar-refractivity contribution in [3.05, 3.63) is 99.7 Å². The number of rotatable bonds is 3. The van der Waals surface area contributed by atoms with Crippen LogP contribution in [0.1, 0.15) is 48.0 Å². The van der Waals surface area contributed by atoms with E-state index in [2.05, 4.69) is 99.9 Å². The molecule has 2 aliphatic rings. The van der Waals surface area contributed by atoms with Gasteiger partial charge in [0.15, 0.2) is 0 Å². The van der Waals surface area contributed by atoms with Gasteiger partial charge in [-0.05, 0) is 0 Å². The van der Waals surface area contributed by atoms with E-state index in [0.29, 0.717) is 0 Å². The maximum atomic E-state index is 2.69. The van der Waals surface area contributed by atoms with Crippen molar-refractivity contribution in [1.29, 1.82) is 0 Å². The molecule has 4 rings (SSSR count).